The van der Waals surface area contributed by atoms with E-state index in [1.165, 1.54) is 13.0 Å². The van der Waals surface area contributed by atoms with Crippen LogP contribution >= 0.6 is 0 Å². The van der Waals surface area contributed by atoms with Crippen molar-refractivity contribution >= 4 is 17.8 Å². The third-order valence-corrected chi connectivity index (χ3v) is 2.35. The van der Waals surface area contributed by atoms with E-state index in [9.17, 15) is 9.59 Å². The second kappa shape index (κ2) is 7.36. The molecule has 4 nitrogen and oxygen atoms in total. The van der Waals surface area contributed by atoms with Gasteiger partial charge in [0.1, 0.15) is 11.3 Å². The van der Waals surface area contributed by atoms with Crippen molar-refractivity contribution in [3.63, 3.8) is 0 Å². The van der Waals surface area contributed by atoms with Crippen LogP contribution < -0.4 is 4.74 Å². The topological polar surface area (TPSA) is 52.6 Å². The maximum atomic E-state index is 11.7. The lowest BCUT2D eigenvalue weighted by Crippen LogP contribution is -2.13. The molecule has 19 heavy (non-hydrogen) atoms. The molecule has 4 heteroatoms. The largest absolute Gasteiger partial charge is 0.494 e. The first-order valence-corrected chi connectivity index (χ1v) is 6.21. The van der Waals surface area contributed by atoms with Crippen molar-refractivity contribution in [2.24, 2.45) is 0 Å². The van der Waals surface area contributed by atoms with Crippen LogP contribution in [0.15, 0.2) is 29.8 Å². The summed E-state index contributed by atoms with van der Waals surface area (Å²) in [6.07, 6.45) is 1.52. The van der Waals surface area contributed by atoms with E-state index in [1.807, 2.05) is 13.0 Å². The number of carbonyl (C=O) groups is 2. The highest BCUT2D eigenvalue weighted by Crippen LogP contribution is 2.16. The lowest BCUT2D eigenvalue weighted by atomic mass is 10.1. The SMILES string of the molecule is CCOC(=O)/C(=C/c1cccc(OCC)c1)C(C)=O. The Morgan fingerprint density at radius 2 is 1.95 bits per heavy atom. The first-order chi connectivity index (χ1) is 9.08. The van der Waals surface area contributed by atoms with E-state index >= 15 is 0 Å². The van der Waals surface area contributed by atoms with Crippen molar-refractivity contribution < 1.29 is 19.1 Å². The second-order valence-corrected chi connectivity index (χ2v) is 3.84. The highest BCUT2D eigenvalue weighted by atomic mass is 16.5. The number of ketones is 1. The van der Waals surface area contributed by atoms with Crippen LogP contribution in [0.2, 0.25) is 0 Å². The molecule has 0 unspecified atom stereocenters. The molecule has 0 radical (unpaired) electrons. The number of hydrogen-bond donors (Lipinski definition) is 0. The molecule has 0 N–H and O–H groups in total. The zero-order valence-electron chi connectivity index (χ0n) is 11.4. The van der Waals surface area contributed by atoms with Gasteiger partial charge in [-0.05, 0) is 44.5 Å². The molecule has 0 bridgehead atoms. The summed E-state index contributed by atoms with van der Waals surface area (Å²) >= 11 is 0. The molecule has 0 amide bonds. The Hall–Kier alpha value is -2.10. The number of hydrogen-bond acceptors (Lipinski definition) is 4. The van der Waals surface area contributed by atoms with Gasteiger partial charge in [-0.25, -0.2) is 4.79 Å². The van der Waals surface area contributed by atoms with Crippen molar-refractivity contribution in [1.82, 2.24) is 0 Å². The third kappa shape index (κ3) is 4.58. The summed E-state index contributed by atoms with van der Waals surface area (Å²) < 4.78 is 10.2. The molecule has 0 fully saturated rings. The van der Waals surface area contributed by atoms with Crippen molar-refractivity contribution in [2.75, 3.05) is 13.2 Å². The maximum Gasteiger partial charge on any atom is 0.341 e. The fourth-order valence-electron chi connectivity index (χ4n) is 1.54. The Labute approximate surface area is 113 Å². The number of esters is 1. The summed E-state index contributed by atoms with van der Waals surface area (Å²) in [4.78, 5) is 23.1. The molecule has 0 saturated carbocycles. The van der Waals surface area contributed by atoms with E-state index in [1.54, 1.807) is 25.1 Å². The Morgan fingerprint density at radius 3 is 2.53 bits per heavy atom. The molecule has 0 aliphatic heterocycles. The average molecular weight is 262 g/mol. The summed E-state index contributed by atoms with van der Waals surface area (Å²) in [6.45, 7) is 5.73. The van der Waals surface area contributed by atoms with E-state index in [4.69, 9.17) is 9.47 Å². The second-order valence-electron chi connectivity index (χ2n) is 3.84. The Morgan fingerprint density at radius 1 is 1.21 bits per heavy atom. The van der Waals surface area contributed by atoms with Gasteiger partial charge in [-0.3, -0.25) is 4.79 Å². The summed E-state index contributed by atoms with van der Waals surface area (Å²) in [7, 11) is 0. The first kappa shape index (κ1) is 15.0. The minimum absolute atomic E-state index is 0.0375. The van der Waals surface area contributed by atoms with Gasteiger partial charge in [-0.1, -0.05) is 12.1 Å². The zero-order valence-corrected chi connectivity index (χ0v) is 11.4. The number of ether oxygens (including phenoxy) is 2. The molecule has 0 saturated heterocycles. The van der Waals surface area contributed by atoms with E-state index in [-0.39, 0.29) is 18.0 Å². The number of carbonyl (C=O) groups excluding carboxylic acids is 2. The van der Waals surface area contributed by atoms with Crippen LogP contribution in [0.25, 0.3) is 6.08 Å². The van der Waals surface area contributed by atoms with E-state index in [2.05, 4.69) is 0 Å². The maximum absolute atomic E-state index is 11.7. The third-order valence-electron chi connectivity index (χ3n) is 2.35. The molecule has 0 heterocycles. The van der Waals surface area contributed by atoms with E-state index < -0.39 is 5.97 Å². The molecule has 0 aliphatic carbocycles. The molecule has 0 spiro atoms. The number of benzene rings is 1. The summed E-state index contributed by atoms with van der Waals surface area (Å²) in [6, 6.07) is 7.19. The smallest absolute Gasteiger partial charge is 0.341 e. The predicted molar refractivity (Wildman–Crippen MR) is 72.9 cm³/mol. The molecule has 0 aliphatic rings. The summed E-state index contributed by atoms with van der Waals surface area (Å²) in [5.74, 6) is -0.222. The standard InChI is InChI=1S/C15H18O4/c1-4-18-13-8-6-7-12(9-13)10-14(11(3)16)15(17)19-5-2/h6-10H,4-5H2,1-3H3/b14-10+. The lowest BCUT2D eigenvalue weighted by molar-refractivity contribution is -0.139. The van der Waals surface area contributed by atoms with Gasteiger partial charge >= 0.3 is 5.97 Å². The quantitative estimate of drug-likeness (QED) is 0.342. The van der Waals surface area contributed by atoms with E-state index in [0.29, 0.717) is 12.4 Å². The first-order valence-electron chi connectivity index (χ1n) is 6.21. The number of Topliss-reactive ketones (excluding diaryl/α,β-unsaturated/α-hetero) is 1. The fourth-order valence-corrected chi connectivity index (χ4v) is 1.54. The minimum Gasteiger partial charge on any atom is -0.494 e. The van der Waals surface area contributed by atoms with Crippen LogP contribution in [-0.4, -0.2) is 25.0 Å². The Bertz CT molecular complexity index is 489. The van der Waals surface area contributed by atoms with Crippen molar-refractivity contribution in [3.05, 3.63) is 35.4 Å². The van der Waals surface area contributed by atoms with Crippen LogP contribution in [0.3, 0.4) is 0 Å². The molecule has 0 atom stereocenters. The highest BCUT2D eigenvalue weighted by Gasteiger charge is 2.15. The van der Waals surface area contributed by atoms with Crippen LogP contribution in [0.4, 0.5) is 0 Å². The summed E-state index contributed by atoms with van der Waals surface area (Å²) in [5.41, 5.74) is 0.764. The highest BCUT2D eigenvalue weighted by molar-refractivity contribution is 6.19. The van der Waals surface area contributed by atoms with Crippen molar-refractivity contribution in [2.45, 2.75) is 20.8 Å². The fraction of sp³-hybridized carbons (Fsp3) is 0.333. The van der Waals surface area contributed by atoms with Gasteiger partial charge in [0.25, 0.3) is 0 Å². The average Bonchev–Trinajstić information content (AvgIpc) is 2.36. The molecule has 1 rings (SSSR count). The Balaban J connectivity index is 3.04. The van der Waals surface area contributed by atoms with Gasteiger partial charge in [-0.2, -0.15) is 0 Å². The molecular weight excluding hydrogens is 244 g/mol. The normalized spacial score (nSPS) is 11.0. The van der Waals surface area contributed by atoms with Crippen molar-refractivity contribution in [3.8, 4) is 5.75 Å². The van der Waals surface area contributed by atoms with Gasteiger partial charge in [0.15, 0.2) is 5.78 Å². The minimum atomic E-state index is -0.600. The van der Waals surface area contributed by atoms with E-state index in [0.717, 1.165) is 5.56 Å². The molecule has 1 aromatic carbocycles. The van der Waals surface area contributed by atoms with Crippen LogP contribution in [0.5, 0.6) is 5.75 Å². The predicted octanol–water partition coefficient (Wildman–Crippen LogP) is 2.62. The van der Waals surface area contributed by atoms with Gasteiger partial charge in [-0.15, -0.1) is 0 Å². The van der Waals surface area contributed by atoms with Crippen molar-refractivity contribution in [1.29, 1.82) is 0 Å². The van der Waals surface area contributed by atoms with Crippen LogP contribution in [-0.2, 0) is 14.3 Å². The molecule has 102 valence electrons. The molecule has 1 aromatic rings. The van der Waals surface area contributed by atoms with Crippen LogP contribution in [0, 0.1) is 0 Å². The number of rotatable bonds is 6. The van der Waals surface area contributed by atoms with Gasteiger partial charge in [0.05, 0.1) is 13.2 Å². The van der Waals surface area contributed by atoms with Gasteiger partial charge in [0.2, 0.25) is 0 Å². The summed E-state index contributed by atoms with van der Waals surface area (Å²) in [5, 5.41) is 0. The Kier molecular flexibility index (Phi) is 5.79. The lowest BCUT2D eigenvalue weighted by Gasteiger charge is -2.06. The molecular formula is C15H18O4. The molecule has 0 aromatic heterocycles. The zero-order chi connectivity index (χ0) is 14.3. The van der Waals surface area contributed by atoms with Gasteiger partial charge in [0, 0.05) is 0 Å². The monoisotopic (exact) mass is 262 g/mol. The van der Waals surface area contributed by atoms with Gasteiger partial charge < -0.3 is 9.47 Å². The van der Waals surface area contributed by atoms with Crippen LogP contribution in [0.1, 0.15) is 26.3 Å².